The molecule has 86 valence electrons. The zero-order chi connectivity index (χ0) is 11.7. The van der Waals surface area contributed by atoms with Gasteiger partial charge in [-0.05, 0) is 31.0 Å². The minimum absolute atomic E-state index is 0.127. The molecule has 5 heteroatoms. The number of carbonyl (C=O) groups is 1. The molecule has 0 aromatic heterocycles. The van der Waals surface area contributed by atoms with Crippen molar-refractivity contribution >= 4 is 5.91 Å². The number of amides is 1. The number of hydrogen-bond donors (Lipinski definition) is 3. The number of rotatable bonds is 4. The van der Waals surface area contributed by atoms with Gasteiger partial charge in [-0.2, -0.15) is 0 Å². The number of nitrogens with two attached hydrogens (primary N) is 1. The zero-order valence-electron chi connectivity index (χ0n) is 8.61. The van der Waals surface area contributed by atoms with Gasteiger partial charge in [0.2, 0.25) is 5.91 Å². The number of carbonyl (C=O) groups excluding carboxylic acids is 1. The van der Waals surface area contributed by atoms with Crippen molar-refractivity contribution in [3.8, 4) is 5.75 Å². The Labute approximate surface area is 92.3 Å². The van der Waals surface area contributed by atoms with Crippen LogP contribution in [0.2, 0.25) is 0 Å². The van der Waals surface area contributed by atoms with Crippen LogP contribution in [0.1, 0.15) is 24.4 Å². The molecule has 1 aromatic carbocycles. The van der Waals surface area contributed by atoms with Crippen LogP contribution in [0.15, 0.2) is 18.2 Å². The molecule has 1 saturated carbocycles. The van der Waals surface area contributed by atoms with Crippen LogP contribution in [0.3, 0.4) is 0 Å². The molecular formula is C11H13FN2O2. The first-order chi connectivity index (χ1) is 7.58. The van der Waals surface area contributed by atoms with E-state index >= 15 is 0 Å². The maximum absolute atomic E-state index is 13.0. The summed E-state index contributed by atoms with van der Waals surface area (Å²) in [5.41, 5.74) is 5.42. The monoisotopic (exact) mass is 224 g/mol. The van der Waals surface area contributed by atoms with Crippen molar-refractivity contribution < 1.29 is 14.3 Å². The SMILES string of the molecule is NC(=O)C(NC1CC1)c1cc(F)ccc1O. The first kappa shape index (κ1) is 10.9. The van der Waals surface area contributed by atoms with Crippen LogP contribution < -0.4 is 11.1 Å². The van der Waals surface area contributed by atoms with E-state index in [0.29, 0.717) is 0 Å². The van der Waals surface area contributed by atoms with Crippen molar-refractivity contribution in [3.05, 3.63) is 29.6 Å². The lowest BCUT2D eigenvalue weighted by atomic mass is 10.0. The Bertz CT molecular complexity index is 418. The van der Waals surface area contributed by atoms with Crippen LogP contribution in [0, 0.1) is 5.82 Å². The summed E-state index contributed by atoms with van der Waals surface area (Å²) in [7, 11) is 0. The Balaban J connectivity index is 2.29. The fourth-order valence-corrected chi connectivity index (χ4v) is 1.57. The van der Waals surface area contributed by atoms with Crippen LogP contribution >= 0.6 is 0 Å². The summed E-state index contributed by atoms with van der Waals surface area (Å²) in [5, 5.41) is 12.5. The first-order valence-corrected chi connectivity index (χ1v) is 5.11. The molecule has 1 unspecified atom stereocenters. The number of halogens is 1. The fraction of sp³-hybridized carbons (Fsp3) is 0.364. The molecule has 1 amide bonds. The molecule has 0 spiro atoms. The standard InChI is InChI=1S/C11H13FN2O2/c12-6-1-4-9(15)8(5-6)10(11(13)16)14-7-2-3-7/h1,4-5,7,10,14-15H,2-3H2,(H2,13,16). The summed E-state index contributed by atoms with van der Waals surface area (Å²) < 4.78 is 13.0. The third-order valence-electron chi connectivity index (χ3n) is 2.56. The smallest absolute Gasteiger partial charge is 0.239 e. The van der Waals surface area contributed by atoms with Crippen molar-refractivity contribution in [1.29, 1.82) is 0 Å². The van der Waals surface area contributed by atoms with Crippen LogP contribution in [-0.4, -0.2) is 17.1 Å². The zero-order valence-corrected chi connectivity index (χ0v) is 8.61. The van der Waals surface area contributed by atoms with E-state index in [1.807, 2.05) is 0 Å². The normalized spacial score (nSPS) is 17.1. The molecule has 16 heavy (non-hydrogen) atoms. The van der Waals surface area contributed by atoms with Gasteiger partial charge in [-0.1, -0.05) is 0 Å². The molecule has 1 aliphatic carbocycles. The lowest BCUT2D eigenvalue weighted by molar-refractivity contribution is -0.120. The number of phenolic OH excluding ortho intramolecular Hbond substituents is 1. The number of phenols is 1. The van der Waals surface area contributed by atoms with Gasteiger partial charge in [0.15, 0.2) is 0 Å². The van der Waals surface area contributed by atoms with E-state index in [4.69, 9.17) is 5.73 Å². The average molecular weight is 224 g/mol. The van der Waals surface area contributed by atoms with Gasteiger partial charge in [0.25, 0.3) is 0 Å². The number of benzene rings is 1. The van der Waals surface area contributed by atoms with Crippen molar-refractivity contribution in [1.82, 2.24) is 5.32 Å². The van der Waals surface area contributed by atoms with Crippen molar-refractivity contribution in [2.75, 3.05) is 0 Å². The lowest BCUT2D eigenvalue weighted by Gasteiger charge is -2.16. The minimum Gasteiger partial charge on any atom is -0.508 e. The summed E-state index contributed by atoms with van der Waals surface area (Å²) in [6, 6.07) is 2.88. The van der Waals surface area contributed by atoms with Crippen molar-refractivity contribution in [3.63, 3.8) is 0 Å². The third kappa shape index (κ3) is 2.30. The molecule has 4 N–H and O–H groups in total. The molecule has 0 bridgehead atoms. The van der Waals surface area contributed by atoms with Crippen LogP contribution in [-0.2, 0) is 4.79 Å². The molecule has 1 aliphatic rings. The summed E-state index contributed by atoms with van der Waals surface area (Å²) in [4.78, 5) is 11.3. The molecule has 0 radical (unpaired) electrons. The van der Waals surface area contributed by atoms with Gasteiger partial charge < -0.3 is 10.8 Å². The molecule has 0 saturated heterocycles. The summed E-state index contributed by atoms with van der Waals surface area (Å²) >= 11 is 0. The Morgan fingerprint density at radius 3 is 2.81 bits per heavy atom. The summed E-state index contributed by atoms with van der Waals surface area (Å²) in [6.45, 7) is 0. The van der Waals surface area contributed by atoms with Gasteiger partial charge in [-0.25, -0.2) is 4.39 Å². The Morgan fingerprint density at radius 2 is 2.25 bits per heavy atom. The Kier molecular flexibility index (Phi) is 2.78. The molecular weight excluding hydrogens is 211 g/mol. The van der Waals surface area contributed by atoms with Crippen LogP contribution in [0.4, 0.5) is 4.39 Å². The van der Waals surface area contributed by atoms with Gasteiger partial charge in [-0.3, -0.25) is 10.1 Å². The maximum Gasteiger partial charge on any atom is 0.239 e. The highest BCUT2D eigenvalue weighted by molar-refractivity contribution is 5.82. The van der Waals surface area contributed by atoms with E-state index in [9.17, 15) is 14.3 Å². The van der Waals surface area contributed by atoms with E-state index < -0.39 is 17.8 Å². The van der Waals surface area contributed by atoms with Gasteiger partial charge in [0, 0.05) is 11.6 Å². The molecule has 4 nitrogen and oxygen atoms in total. The van der Waals surface area contributed by atoms with E-state index in [-0.39, 0.29) is 17.4 Å². The molecule has 2 rings (SSSR count). The second kappa shape index (κ2) is 4.09. The largest absolute Gasteiger partial charge is 0.508 e. The highest BCUT2D eigenvalue weighted by Crippen LogP contribution is 2.29. The predicted molar refractivity (Wildman–Crippen MR) is 56.2 cm³/mol. The number of nitrogens with one attached hydrogen (secondary N) is 1. The quantitative estimate of drug-likeness (QED) is 0.708. The van der Waals surface area contributed by atoms with Crippen molar-refractivity contribution in [2.45, 2.75) is 24.9 Å². The Morgan fingerprint density at radius 1 is 1.56 bits per heavy atom. The second-order valence-electron chi connectivity index (χ2n) is 3.98. The third-order valence-corrected chi connectivity index (χ3v) is 2.56. The highest BCUT2D eigenvalue weighted by Gasteiger charge is 2.29. The summed E-state index contributed by atoms with van der Waals surface area (Å²) in [5.74, 6) is -1.25. The first-order valence-electron chi connectivity index (χ1n) is 5.11. The number of aromatic hydroxyl groups is 1. The average Bonchev–Trinajstić information content (AvgIpc) is 3.02. The number of hydrogen-bond acceptors (Lipinski definition) is 3. The van der Waals surface area contributed by atoms with Crippen molar-refractivity contribution in [2.24, 2.45) is 5.73 Å². The molecule has 0 aliphatic heterocycles. The van der Waals surface area contributed by atoms with Crippen LogP contribution in [0.25, 0.3) is 0 Å². The lowest BCUT2D eigenvalue weighted by Crippen LogP contribution is -2.35. The molecule has 1 aromatic rings. The topological polar surface area (TPSA) is 75.4 Å². The van der Waals surface area contributed by atoms with Crippen LogP contribution in [0.5, 0.6) is 5.75 Å². The Hall–Kier alpha value is -1.62. The van der Waals surface area contributed by atoms with E-state index in [1.54, 1.807) is 0 Å². The summed E-state index contributed by atoms with van der Waals surface area (Å²) in [6.07, 6.45) is 1.94. The van der Waals surface area contributed by atoms with E-state index in [2.05, 4.69) is 5.32 Å². The predicted octanol–water partition coefficient (Wildman–Crippen LogP) is 0.810. The second-order valence-corrected chi connectivity index (χ2v) is 3.98. The molecule has 0 heterocycles. The highest BCUT2D eigenvalue weighted by atomic mass is 19.1. The van der Waals surface area contributed by atoms with Gasteiger partial charge in [-0.15, -0.1) is 0 Å². The van der Waals surface area contributed by atoms with E-state index in [1.165, 1.54) is 6.07 Å². The van der Waals surface area contributed by atoms with E-state index in [0.717, 1.165) is 25.0 Å². The number of primary amides is 1. The minimum atomic E-state index is -0.830. The van der Waals surface area contributed by atoms with Gasteiger partial charge >= 0.3 is 0 Å². The molecule has 1 atom stereocenters. The van der Waals surface area contributed by atoms with Gasteiger partial charge in [0.1, 0.15) is 17.6 Å². The van der Waals surface area contributed by atoms with Gasteiger partial charge in [0.05, 0.1) is 0 Å². The fourth-order valence-electron chi connectivity index (χ4n) is 1.57. The molecule has 1 fully saturated rings. The maximum atomic E-state index is 13.0.